The average molecular weight is 254 g/mol. The fourth-order valence-electron chi connectivity index (χ4n) is 2.52. The maximum atomic E-state index is 5.99. The minimum Gasteiger partial charge on any atom is -0.382 e. The number of aryl methyl sites for hydroxylation is 1. The van der Waals surface area contributed by atoms with Crippen LogP contribution in [0, 0.1) is 6.92 Å². The zero-order valence-electron chi connectivity index (χ0n) is 11.6. The van der Waals surface area contributed by atoms with Crippen LogP contribution in [0.3, 0.4) is 0 Å². The molecule has 0 bridgehead atoms. The molecule has 1 aromatic heterocycles. The van der Waals surface area contributed by atoms with Gasteiger partial charge in [-0.1, -0.05) is 5.16 Å². The Morgan fingerprint density at radius 2 is 2.33 bits per heavy atom. The molecule has 1 fully saturated rings. The first kappa shape index (κ1) is 13.5. The van der Waals surface area contributed by atoms with E-state index < -0.39 is 0 Å². The quantitative estimate of drug-likeness (QED) is 0.817. The van der Waals surface area contributed by atoms with Crippen LogP contribution in [0.5, 0.6) is 0 Å². The van der Waals surface area contributed by atoms with Crippen molar-refractivity contribution < 1.29 is 14.0 Å². The number of nitrogens with zero attached hydrogens (tertiary/aromatic N) is 2. The first-order chi connectivity index (χ1) is 8.50. The molecule has 0 N–H and O–H groups in total. The van der Waals surface area contributed by atoms with Gasteiger partial charge in [0.15, 0.2) is 0 Å². The first-order valence-electron chi connectivity index (χ1n) is 6.29. The Kier molecular flexibility index (Phi) is 4.04. The molecular formula is C13H22N2O3. The van der Waals surface area contributed by atoms with E-state index in [-0.39, 0.29) is 11.7 Å². The van der Waals surface area contributed by atoms with Gasteiger partial charge in [0.2, 0.25) is 0 Å². The highest BCUT2D eigenvalue weighted by molar-refractivity contribution is 5.11. The summed E-state index contributed by atoms with van der Waals surface area (Å²) in [4.78, 5) is 2.37. The number of rotatable bonds is 4. The number of ether oxygens (including phenoxy) is 2. The number of aromatic nitrogens is 1. The molecule has 0 amide bonds. The minimum atomic E-state index is -0.146. The van der Waals surface area contributed by atoms with Crippen molar-refractivity contribution in [3.63, 3.8) is 0 Å². The fraction of sp³-hybridized carbons (Fsp3) is 0.769. The van der Waals surface area contributed by atoms with Crippen LogP contribution in [0.2, 0.25) is 0 Å². The number of hydrogen-bond acceptors (Lipinski definition) is 5. The zero-order valence-corrected chi connectivity index (χ0v) is 11.6. The monoisotopic (exact) mass is 254 g/mol. The Balaban J connectivity index is 2.01. The summed E-state index contributed by atoms with van der Waals surface area (Å²) in [5.74, 6) is 0.891. The van der Waals surface area contributed by atoms with Crippen molar-refractivity contribution in [1.82, 2.24) is 10.1 Å². The molecule has 2 rings (SSSR count). The molecular weight excluding hydrogens is 232 g/mol. The minimum absolute atomic E-state index is 0.124. The van der Waals surface area contributed by atoms with E-state index in [0.29, 0.717) is 6.61 Å². The summed E-state index contributed by atoms with van der Waals surface area (Å²) in [5.41, 5.74) is 0.996. The highest BCUT2D eigenvalue weighted by Crippen LogP contribution is 2.23. The van der Waals surface area contributed by atoms with Crippen molar-refractivity contribution in [3.05, 3.63) is 17.5 Å². The highest BCUT2D eigenvalue weighted by atomic mass is 16.5. The van der Waals surface area contributed by atoms with Gasteiger partial charge < -0.3 is 14.0 Å². The fourth-order valence-corrected chi connectivity index (χ4v) is 2.52. The Hall–Kier alpha value is -0.910. The molecule has 0 unspecified atom stereocenters. The Labute approximate surface area is 108 Å². The van der Waals surface area contributed by atoms with Gasteiger partial charge in [-0.3, -0.25) is 4.90 Å². The molecule has 1 atom stereocenters. The first-order valence-corrected chi connectivity index (χ1v) is 6.29. The van der Waals surface area contributed by atoms with Crippen molar-refractivity contribution in [3.8, 4) is 0 Å². The molecule has 0 spiro atoms. The van der Waals surface area contributed by atoms with E-state index >= 15 is 0 Å². The second-order valence-corrected chi connectivity index (χ2v) is 5.53. The Morgan fingerprint density at radius 1 is 1.56 bits per heavy atom. The van der Waals surface area contributed by atoms with Crippen molar-refractivity contribution in [2.75, 3.05) is 26.8 Å². The molecule has 1 aromatic rings. The molecule has 1 aliphatic rings. The topological polar surface area (TPSA) is 47.7 Å². The Morgan fingerprint density at radius 3 is 2.94 bits per heavy atom. The van der Waals surface area contributed by atoms with Gasteiger partial charge in [0.05, 0.1) is 24.5 Å². The van der Waals surface area contributed by atoms with Gasteiger partial charge in [-0.15, -0.1) is 0 Å². The lowest BCUT2D eigenvalue weighted by molar-refractivity contribution is -0.154. The van der Waals surface area contributed by atoms with Crippen molar-refractivity contribution in [1.29, 1.82) is 0 Å². The molecule has 18 heavy (non-hydrogen) atoms. The third-order valence-electron chi connectivity index (χ3n) is 3.15. The zero-order chi connectivity index (χ0) is 13.2. The van der Waals surface area contributed by atoms with Gasteiger partial charge in [-0.25, -0.2) is 0 Å². The summed E-state index contributed by atoms with van der Waals surface area (Å²) in [6.07, 6.45) is 1.92. The summed E-state index contributed by atoms with van der Waals surface area (Å²) < 4.78 is 16.3. The molecule has 5 heteroatoms. The lowest BCUT2D eigenvalue weighted by Crippen LogP contribution is -2.53. The number of methoxy groups -OCH3 is 1. The van der Waals surface area contributed by atoms with Gasteiger partial charge >= 0.3 is 0 Å². The predicted molar refractivity (Wildman–Crippen MR) is 67.3 cm³/mol. The molecule has 0 radical (unpaired) electrons. The number of hydrogen-bond donors (Lipinski definition) is 0. The van der Waals surface area contributed by atoms with Crippen LogP contribution in [0.4, 0.5) is 0 Å². The van der Waals surface area contributed by atoms with Crippen LogP contribution in [0.1, 0.15) is 25.2 Å². The van der Waals surface area contributed by atoms with Crippen LogP contribution in [0.25, 0.3) is 0 Å². The van der Waals surface area contributed by atoms with Gasteiger partial charge in [0.25, 0.3) is 0 Å². The highest BCUT2D eigenvalue weighted by Gasteiger charge is 2.33. The van der Waals surface area contributed by atoms with Gasteiger partial charge in [0, 0.05) is 32.3 Å². The third-order valence-corrected chi connectivity index (χ3v) is 3.15. The van der Waals surface area contributed by atoms with E-state index in [0.717, 1.165) is 31.0 Å². The maximum Gasteiger partial charge on any atom is 0.138 e. The average Bonchev–Trinajstić information content (AvgIpc) is 2.62. The summed E-state index contributed by atoms with van der Waals surface area (Å²) in [6.45, 7) is 9.43. The standard InChI is InChI=1S/C13H22N2O3/c1-10-11(5-14-18-10)6-15-7-12(8-16-4)17-13(2,3)9-15/h5,12H,6-9H2,1-4H3/t12-/m0/s1. The largest absolute Gasteiger partial charge is 0.382 e. The predicted octanol–water partition coefficient (Wildman–Crippen LogP) is 1.61. The van der Waals surface area contributed by atoms with Crippen LogP contribution >= 0.6 is 0 Å². The van der Waals surface area contributed by atoms with Crippen molar-refractivity contribution in [2.45, 2.75) is 39.0 Å². The van der Waals surface area contributed by atoms with E-state index in [1.807, 2.05) is 6.92 Å². The van der Waals surface area contributed by atoms with Gasteiger partial charge in [0.1, 0.15) is 5.76 Å². The molecule has 1 saturated heterocycles. The van der Waals surface area contributed by atoms with Crippen molar-refractivity contribution >= 4 is 0 Å². The second kappa shape index (κ2) is 5.38. The molecule has 1 aliphatic heterocycles. The molecule has 5 nitrogen and oxygen atoms in total. The smallest absolute Gasteiger partial charge is 0.138 e. The van der Waals surface area contributed by atoms with E-state index in [4.69, 9.17) is 14.0 Å². The molecule has 0 saturated carbocycles. The van der Waals surface area contributed by atoms with Crippen LogP contribution < -0.4 is 0 Å². The molecule has 0 aromatic carbocycles. The van der Waals surface area contributed by atoms with Crippen LogP contribution in [-0.4, -0.2) is 48.6 Å². The third kappa shape index (κ3) is 3.31. The summed E-state index contributed by atoms with van der Waals surface area (Å²) in [6, 6.07) is 0. The normalized spacial score (nSPS) is 24.3. The van der Waals surface area contributed by atoms with E-state index in [9.17, 15) is 0 Å². The molecule has 2 heterocycles. The van der Waals surface area contributed by atoms with Crippen LogP contribution in [-0.2, 0) is 16.0 Å². The van der Waals surface area contributed by atoms with E-state index in [2.05, 4.69) is 23.9 Å². The lowest BCUT2D eigenvalue weighted by atomic mass is 10.0. The maximum absolute atomic E-state index is 5.99. The van der Waals surface area contributed by atoms with Crippen LogP contribution in [0.15, 0.2) is 10.7 Å². The summed E-state index contributed by atoms with van der Waals surface area (Å²) in [5, 5.41) is 3.82. The second-order valence-electron chi connectivity index (χ2n) is 5.53. The molecule has 0 aliphatic carbocycles. The van der Waals surface area contributed by atoms with E-state index in [1.165, 1.54) is 0 Å². The SMILES string of the molecule is COC[C@@H]1CN(Cc2cnoc2C)CC(C)(C)O1. The number of morpholine rings is 1. The van der Waals surface area contributed by atoms with E-state index in [1.54, 1.807) is 13.3 Å². The molecule has 102 valence electrons. The van der Waals surface area contributed by atoms with Gasteiger partial charge in [-0.2, -0.15) is 0 Å². The summed E-state index contributed by atoms with van der Waals surface area (Å²) in [7, 11) is 1.71. The summed E-state index contributed by atoms with van der Waals surface area (Å²) >= 11 is 0. The van der Waals surface area contributed by atoms with Crippen molar-refractivity contribution in [2.24, 2.45) is 0 Å². The lowest BCUT2D eigenvalue weighted by Gasteiger charge is -2.42. The van der Waals surface area contributed by atoms with Gasteiger partial charge in [-0.05, 0) is 20.8 Å². The Bertz CT molecular complexity index is 389.